The van der Waals surface area contributed by atoms with Gasteiger partial charge in [-0.1, -0.05) is 15.9 Å². The molecule has 104 valence electrons. The van der Waals surface area contributed by atoms with Gasteiger partial charge in [-0.3, -0.25) is 4.99 Å². The second-order valence-corrected chi connectivity index (χ2v) is 5.24. The van der Waals surface area contributed by atoms with Crippen LogP contribution in [0.2, 0.25) is 0 Å². The van der Waals surface area contributed by atoms with Crippen molar-refractivity contribution in [1.82, 2.24) is 10.6 Å². The molecule has 6 heteroatoms. The number of ether oxygens (including phenoxy) is 2. The molecule has 0 spiro atoms. The van der Waals surface area contributed by atoms with E-state index in [1.807, 2.05) is 12.1 Å². The fourth-order valence-corrected chi connectivity index (χ4v) is 2.33. The molecule has 0 radical (unpaired) electrons. The molecule has 0 aromatic heterocycles. The Balaban J connectivity index is 2.07. The van der Waals surface area contributed by atoms with E-state index in [0.717, 1.165) is 28.3 Å². The van der Waals surface area contributed by atoms with E-state index in [4.69, 9.17) is 9.47 Å². The van der Waals surface area contributed by atoms with Gasteiger partial charge in [0.15, 0.2) is 17.5 Å². The van der Waals surface area contributed by atoms with Crippen LogP contribution in [0.3, 0.4) is 0 Å². The number of rotatable bonds is 4. The molecule has 0 saturated carbocycles. The van der Waals surface area contributed by atoms with Gasteiger partial charge in [-0.15, -0.1) is 0 Å². The molecule has 1 aromatic rings. The third kappa shape index (κ3) is 3.32. The third-order valence-corrected chi connectivity index (χ3v) is 3.64. The summed E-state index contributed by atoms with van der Waals surface area (Å²) < 4.78 is 11.5. The minimum absolute atomic E-state index is 0.399. The number of nitrogens with one attached hydrogen (secondary N) is 2. The zero-order valence-electron chi connectivity index (χ0n) is 11.3. The Morgan fingerprint density at radius 1 is 1.37 bits per heavy atom. The van der Waals surface area contributed by atoms with E-state index in [1.165, 1.54) is 0 Å². The van der Waals surface area contributed by atoms with Crippen molar-refractivity contribution in [3.05, 3.63) is 22.2 Å². The van der Waals surface area contributed by atoms with Crippen molar-refractivity contribution in [2.45, 2.75) is 19.5 Å². The molecule has 1 aromatic carbocycles. The SMILES string of the molecule is COc1cc(Br)c(CNC2=NCC(C)N2)cc1OC. The second kappa shape index (κ2) is 6.14. The molecule has 1 aliphatic rings. The van der Waals surface area contributed by atoms with Crippen molar-refractivity contribution in [2.24, 2.45) is 4.99 Å². The van der Waals surface area contributed by atoms with Gasteiger partial charge in [0.2, 0.25) is 0 Å². The molecule has 5 nitrogen and oxygen atoms in total. The van der Waals surface area contributed by atoms with E-state index >= 15 is 0 Å². The molecule has 1 atom stereocenters. The highest BCUT2D eigenvalue weighted by atomic mass is 79.9. The zero-order valence-corrected chi connectivity index (χ0v) is 12.9. The fraction of sp³-hybridized carbons (Fsp3) is 0.462. The summed E-state index contributed by atoms with van der Waals surface area (Å²) in [5.74, 6) is 2.27. The Bertz CT molecular complexity index is 491. The molecule has 1 aliphatic heterocycles. The zero-order chi connectivity index (χ0) is 13.8. The Morgan fingerprint density at radius 3 is 2.63 bits per heavy atom. The van der Waals surface area contributed by atoms with Gasteiger partial charge in [0, 0.05) is 17.1 Å². The Labute approximate surface area is 121 Å². The number of aliphatic imine (C=N–C) groups is 1. The number of halogens is 1. The first-order chi connectivity index (χ1) is 9.13. The normalized spacial score (nSPS) is 17.7. The second-order valence-electron chi connectivity index (χ2n) is 4.39. The van der Waals surface area contributed by atoms with Gasteiger partial charge >= 0.3 is 0 Å². The van der Waals surface area contributed by atoms with Gasteiger partial charge in [-0.25, -0.2) is 0 Å². The van der Waals surface area contributed by atoms with E-state index < -0.39 is 0 Å². The highest BCUT2D eigenvalue weighted by Crippen LogP contribution is 2.33. The summed E-state index contributed by atoms with van der Waals surface area (Å²) in [5.41, 5.74) is 1.08. The van der Waals surface area contributed by atoms with E-state index in [1.54, 1.807) is 14.2 Å². The number of hydrogen-bond donors (Lipinski definition) is 2. The lowest BCUT2D eigenvalue weighted by Crippen LogP contribution is -2.37. The molecule has 2 rings (SSSR count). The lowest BCUT2D eigenvalue weighted by atomic mass is 10.2. The molecule has 0 amide bonds. The Hall–Kier alpha value is -1.43. The van der Waals surface area contributed by atoms with E-state index in [2.05, 4.69) is 38.5 Å². The van der Waals surface area contributed by atoms with Crippen molar-refractivity contribution in [2.75, 3.05) is 20.8 Å². The summed E-state index contributed by atoms with van der Waals surface area (Å²) in [6, 6.07) is 4.26. The maximum absolute atomic E-state index is 5.30. The van der Waals surface area contributed by atoms with Gasteiger partial charge < -0.3 is 20.1 Å². The topological polar surface area (TPSA) is 54.9 Å². The average molecular weight is 328 g/mol. The summed E-state index contributed by atoms with van der Waals surface area (Å²) >= 11 is 3.54. The lowest BCUT2D eigenvalue weighted by Gasteiger charge is -2.13. The molecule has 1 heterocycles. The number of nitrogens with zero attached hydrogens (tertiary/aromatic N) is 1. The summed E-state index contributed by atoms with van der Waals surface area (Å²) in [4.78, 5) is 4.36. The van der Waals surface area contributed by atoms with Crippen LogP contribution in [0.4, 0.5) is 0 Å². The largest absolute Gasteiger partial charge is 0.493 e. The van der Waals surface area contributed by atoms with E-state index in [9.17, 15) is 0 Å². The molecule has 19 heavy (non-hydrogen) atoms. The molecule has 0 aliphatic carbocycles. The summed E-state index contributed by atoms with van der Waals surface area (Å²) in [5, 5.41) is 6.53. The van der Waals surface area contributed by atoms with E-state index in [0.29, 0.717) is 18.3 Å². The van der Waals surface area contributed by atoms with Crippen molar-refractivity contribution in [1.29, 1.82) is 0 Å². The van der Waals surface area contributed by atoms with Crippen LogP contribution in [0.15, 0.2) is 21.6 Å². The maximum atomic E-state index is 5.30. The van der Waals surface area contributed by atoms with Crippen molar-refractivity contribution in [3.63, 3.8) is 0 Å². The first-order valence-corrected chi connectivity index (χ1v) is 6.88. The smallest absolute Gasteiger partial charge is 0.191 e. The first-order valence-electron chi connectivity index (χ1n) is 6.09. The fourth-order valence-electron chi connectivity index (χ4n) is 1.87. The Kier molecular flexibility index (Phi) is 4.52. The molecule has 1 unspecified atom stereocenters. The van der Waals surface area contributed by atoms with Crippen LogP contribution in [0.1, 0.15) is 12.5 Å². The summed E-state index contributed by atoms with van der Waals surface area (Å²) in [6.07, 6.45) is 0. The number of benzene rings is 1. The van der Waals surface area contributed by atoms with Gasteiger partial charge in [0.05, 0.1) is 20.8 Å². The quantitative estimate of drug-likeness (QED) is 0.886. The molecular weight excluding hydrogens is 310 g/mol. The molecular formula is C13H18BrN3O2. The van der Waals surface area contributed by atoms with Crippen molar-refractivity contribution in [3.8, 4) is 11.5 Å². The summed E-state index contributed by atoms with van der Waals surface area (Å²) in [7, 11) is 3.26. The number of guanidine groups is 1. The van der Waals surface area contributed by atoms with Crippen LogP contribution in [0.25, 0.3) is 0 Å². The van der Waals surface area contributed by atoms with Crippen LogP contribution < -0.4 is 20.1 Å². The molecule has 0 fully saturated rings. The lowest BCUT2D eigenvalue weighted by molar-refractivity contribution is 0.354. The van der Waals surface area contributed by atoms with Crippen molar-refractivity contribution >= 4 is 21.9 Å². The van der Waals surface area contributed by atoms with Gasteiger partial charge in [-0.2, -0.15) is 0 Å². The van der Waals surface area contributed by atoms with Crippen LogP contribution in [0.5, 0.6) is 11.5 Å². The minimum atomic E-state index is 0.399. The minimum Gasteiger partial charge on any atom is -0.493 e. The first kappa shape index (κ1) is 14.0. The number of methoxy groups -OCH3 is 2. The van der Waals surface area contributed by atoms with Crippen molar-refractivity contribution < 1.29 is 9.47 Å². The molecule has 2 N–H and O–H groups in total. The predicted molar refractivity (Wildman–Crippen MR) is 79.0 cm³/mol. The van der Waals surface area contributed by atoms with Gasteiger partial charge in [0.1, 0.15) is 0 Å². The van der Waals surface area contributed by atoms with Gasteiger partial charge in [0.25, 0.3) is 0 Å². The van der Waals surface area contributed by atoms with E-state index in [-0.39, 0.29) is 0 Å². The Morgan fingerprint density at radius 2 is 2.05 bits per heavy atom. The van der Waals surface area contributed by atoms with Gasteiger partial charge in [-0.05, 0) is 24.6 Å². The maximum Gasteiger partial charge on any atom is 0.191 e. The highest BCUT2D eigenvalue weighted by molar-refractivity contribution is 9.10. The number of hydrogen-bond acceptors (Lipinski definition) is 5. The average Bonchev–Trinajstić information content (AvgIpc) is 2.82. The van der Waals surface area contributed by atoms with Crippen LogP contribution in [-0.2, 0) is 6.54 Å². The molecule has 0 bridgehead atoms. The monoisotopic (exact) mass is 327 g/mol. The highest BCUT2D eigenvalue weighted by Gasteiger charge is 2.13. The predicted octanol–water partition coefficient (Wildman–Crippen LogP) is 1.90. The van der Waals surface area contributed by atoms with Crippen LogP contribution in [0, 0.1) is 0 Å². The standard InChI is InChI=1S/C13H18BrN3O2/c1-8-6-15-13(17-8)16-7-9-4-11(18-2)12(19-3)5-10(9)14/h4-5,8H,6-7H2,1-3H3,(H2,15,16,17). The van der Waals surface area contributed by atoms with Crippen LogP contribution in [-0.4, -0.2) is 32.8 Å². The summed E-state index contributed by atoms with van der Waals surface area (Å²) in [6.45, 7) is 3.58. The third-order valence-electron chi connectivity index (χ3n) is 2.91. The van der Waals surface area contributed by atoms with Crippen LogP contribution >= 0.6 is 15.9 Å². The molecule has 0 saturated heterocycles.